The lowest BCUT2D eigenvalue weighted by Gasteiger charge is -2.57. The van der Waals surface area contributed by atoms with E-state index in [-0.39, 0.29) is 15.7 Å². The zero-order valence-corrected chi connectivity index (χ0v) is 34.7. The fourth-order valence-electron chi connectivity index (χ4n) is 10.3. The molecule has 2 aliphatic carbocycles. The van der Waals surface area contributed by atoms with Crippen molar-refractivity contribution in [3.05, 3.63) is 141 Å². The van der Waals surface area contributed by atoms with Gasteiger partial charge in [-0.15, -0.1) is 0 Å². The van der Waals surface area contributed by atoms with Crippen molar-refractivity contribution in [2.75, 3.05) is 12.3 Å². The standard InChI is InChI=1S/C46H48ClNO6S2/c1-45(2)29-38-34-15-7-5-11-30(34)20-24-40(38)48(27-26-42(48)56(52,53)54)41(45)25-21-33-14-9-13-32(44(33)47)19-23-39-36(17-10-28-55(49,50)51)37-22-18-31-12-6-8-16-35(31)43(37)46(39,3)4/h5-8,11-12,15-16,18-25,42H,9-10,13-14,17,26-29H2,1-4H3,(H-,49,50,51,52,53,54)/p+1/b23-19+,33-21+,41-25+. The van der Waals surface area contributed by atoms with Crippen LogP contribution in [0.2, 0.25) is 0 Å². The predicted octanol–water partition coefficient (Wildman–Crippen LogP) is 11.0. The summed E-state index contributed by atoms with van der Waals surface area (Å²) in [6.07, 6.45) is 12.8. The van der Waals surface area contributed by atoms with E-state index in [4.69, 9.17) is 11.6 Å². The first-order chi connectivity index (χ1) is 26.4. The van der Waals surface area contributed by atoms with Gasteiger partial charge in [0.2, 0.25) is 5.37 Å². The predicted molar refractivity (Wildman–Crippen MR) is 230 cm³/mol. The molecule has 10 heteroatoms. The largest absolute Gasteiger partial charge is 0.320 e. The van der Waals surface area contributed by atoms with E-state index in [0.29, 0.717) is 30.8 Å². The first-order valence-corrected chi connectivity index (χ1v) is 23.0. The Balaban J connectivity index is 1.20. The van der Waals surface area contributed by atoms with E-state index >= 15 is 0 Å². The quantitative estimate of drug-likeness (QED) is 0.135. The zero-order valence-electron chi connectivity index (χ0n) is 32.3. The van der Waals surface area contributed by atoms with E-state index in [9.17, 15) is 25.9 Å². The molecule has 4 aliphatic rings. The van der Waals surface area contributed by atoms with Crippen LogP contribution in [0.1, 0.15) is 82.9 Å². The second kappa shape index (κ2) is 13.9. The topological polar surface area (TPSA) is 109 Å². The number of nitrogens with zero attached hydrogens (tertiary/aromatic N) is 1. The summed E-state index contributed by atoms with van der Waals surface area (Å²) in [4.78, 5) is 0. The second-order valence-corrected chi connectivity index (χ2v) is 20.6. The summed E-state index contributed by atoms with van der Waals surface area (Å²) in [7, 11) is -8.47. The average molecular weight is 811 g/mol. The first kappa shape index (κ1) is 39.0. The first-order valence-electron chi connectivity index (χ1n) is 19.5. The Morgan fingerprint density at radius 2 is 1.52 bits per heavy atom. The highest BCUT2D eigenvalue weighted by molar-refractivity contribution is 7.86. The molecule has 0 aromatic heterocycles. The molecule has 292 valence electrons. The Hall–Kier alpha value is -3.83. The van der Waals surface area contributed by atoms with E-state index in [1.54, 1.807) is 0 Å². The number of rotatable bonds is 8. The van der Waals surface area contributed by atoms with Crippen molar-refractivity contribution in [2.24, 2.45) is 5.41 Å². The van der Waals surface area contributed by atoms with E-state index in [1.807, 2.05) is 24.3 Å². The summed E-state index contributed by atoms with van der Waals surface area (Å²) in [6, 6.07) is 24.9. The number of hydrogen-bond acceptors (Lipinski definition) is 4. The molecular weight excluding hydrogens is 762 g/mol. The minimum Gasteiger partial charge on any atom is -0.286 e. The summed E-state index contributed by atoms with van der Waals surface area (Å²) in [5.74, 6) is -0.304. The second-order valence-electron chi connectivity index (χ2n) is 17.1. The van der Waals surface area contributed by atoms with Crippen molar-refractivity contribution in [1.29, 1.82) is 0 Å². The molecule has 0 amide bonds. The molecule has 56 heavy (non-hydrogen) atoms. The van der Waals surface area contributed by atoms with Crippen LogP contribution in [-0.2, 0) is 32.1 Å². The van der Waals surface area contributed by atoms with E-state index in [1.165, 1.54) is 10.9 Å². The van der Waals surface area contributed by atoms with Crippen LogP contribution in [0, 0.1) is 5.41 Å². The highest BCUT2D eigenvalue weighted by atomic mass is 35.5. The minimum atomic E-state index is -4.37. The van der Waals surface area contributed by atoms with Gasteiger partial charge in [0.25, 0.3) is 10.1 Å². The molecule has 4 aromatic carbocycles. The summed E-state index contributed by atoms with van der Waals surface area (Å²) in [5, 5.41) is 4.22. The fourth-order valence-corrected chi connectivity index (χ4v) is 12.3. The maximum atomic E-state index is 13.0. The molecule has 4 aromatic rings. The fraction of sp³-hybridized carbons (Fsp3) is 0.348. The lowest BCUT2D eigenvalue weighted by Crippen LogP contribution is -2.71. The molecule has 1 fully saturated rings. The van der Waals surface area contributed by atoms with E-state index in [0.717, 1.165) is 86.6 Å². The maximum absolute atomic E-state index is 13.0. The van der Waals surface area contributed by atoms with Crippen molar-refractivity contribution in [1.82, 2.24) is 4.48 Å². The molecule has 2 heterocycles. The van der Waals surface area contributed by atoms with Gasteiger partial charge in [0.05, 0.1) is 18.7 Å². The lowest BCUT2D eigenvalue weighted by molar-refractivity contribution is 0.134. The zero-order chi connectivity index (χ0) is 39.8. The van der Waals surface area contributed by atoms with E-state index in [2.05, 4.69) is 101 Å². The lowest BCUT2D eigenvalue weighted by atomic mass is 9.73. The van der Waals surface area contributed by atoms with Gasteiger partial charge < -0.3 is 0 Å². The Morgan fingerprint density at radius 3 is 2.20 bits per heavy atom. The number of fused-ring (bicyclic) bond motifs is 7. The van der Waals surface area contributed by atoms with Crippen LogP contribution >= 0.6 is 11.6 Å². The van der Waals surface area contributed by atoms with E-state index < -0.39 is 31.0 Å². The molecular formula is C46H49ClNO6S2+. The Labute approximate surface area is 335 Å². The van der Waals surface area contributed by atoms with Gasteiger partial charge in [-0.25, -0.2) is 4.48 Å². The van der Waals surface area contributed by atoms with Crippen molar-refractivity contribution < 1.29 is 25.9 Å². The number of halogens is 1. The van der Waals surface area contributed by atoms with Crippen LogP contribution in [0.3, 0.4) is 0 Å². The molecule has 2 N–H and O–H groups in total. The number of hydrogen-bond donors (Lipinski definition) is 2. The monoisotopic (exact) mass is 810 g/mol. The molecule has 0 saturated carbocycles. The molecule has 1 spiro atoms. The van der Waals surface area contributed by atoms with Gasteiger partial charge in [-0.05, 0) is 106 Å². The third-order valence-electron chi connectivity index (χ3n) is 12.8. The molecule has 2 unspecified atom stereocenters. The molecule has 0 radical (unpaired) electrons. The van der Waals surface area contributed by atoms with Crippen LogP contribution in [0.5, 0.6) is 0 Å². The Kier molecular flexibility index (Phi) is 9.70. The summed E-state index contributed by atoms with van der Waals surface area (Å²) < 4.78 is 69.7. The number of allylic oxidation sites excluding steroid dienone is 10. The number of benzene rings is 4. The van der Waals surface area contributed by atoms with Gasteiger partial charge in [0.1, 0.15) is 11.4 Å². The SMILES string of the molecule is CC1(C)Cc2c(ccc3ccccc23)[N+]2(CCC2S(=O)(=O)O)/C1=C/C=C1\CCCC(/C=C/C2=C(CCCS(=O)(=O)O)c3ccc4ccccc4c3C2(C)C)=C1Cl. The number of quaternary nitrogens is 1. The van der Waals surface area contributed by atoms with Crippen LogP contribution in [0.15, 0.2) is 125 Å². The molecule has 8 rings (SSSR count). The third kappa shape index (κ3) is 6.54. The van der Waals surface area contributed by atoms with Crippen LogP contribution in [0.25, 0.3) is 27.1 Å². The van der Waals surface area contributed by atoms with Crippen LogP contribution < -0.4 is 4.48 Å². The average Bonchev–Trinajstić information content (AvgIpc) is 3.33. The highest BCUT2D eigenvalue weighted by Gasteiger charge is 2.63. The maximum Gasteiger partial charge on any atom is 0.320 e. The normalized spacial score (nSPS) is 24.8. The molecule has 0 bridgehead atoms. The highest BCUT2D eigenvalue weighted by Crippen LogP contribution is 2.57. The smallest absolute Gasteiger partial charge is 0.286 e. The van der Waals surface area contributed by atoms with Gasteiger partial charge in [0, 0.05) is 27.5 Å². The summed E-state index contributed by atoms with van der Waals surface area (Å²) in [6.45, 7) is 9.33. The Morgan fingerprint density at radius 1 is 0.839 bits per heavy atom. The van der Waals surface area contributed by atoms with Gasteiger partial charge in [-0.3, -0.25) is 9.11 Å². The van der Waals surface area contributed by atoms with Crippen molar-refractivity contribution in [2.45, 2.75) is 83.4 Å². The van der Waals surface area contributed by atoms with Crippen LogP contribution in [0.4, 0.5) is 5.69 Å². The van der Waals surface area contributed by atoms with Gasteiger partial charge in [-0.2, -0.15) is 16.8 Å². The molecule has 1 saturated heterocycles. The summed E-state index contributed by atoms with van der Waals surface area (Å²) in [5.41, 5.74) is 8.70. The molecule has 2 aliphatic heterocycles. The van der Waals surface area contributed by atoms with Crippen molar-refractivity contribution in [3.63, 3.8) is 0 Å². The molecule has 7 nitrogen and oxygen atoms in total. The summed E-state index contributed by atoms with van der Waals surface area (Å²) >= 11 is 7.28. The van der Waals surface area contributed by atoms with Gasteiger partial charge in [-0.1, -0.05) is 118 Å². The van der Waals surface area contributed by atoms with Crippen LogP contribution in [-0.4, -0.2) is 43.6 Å². The minimum absolute atomic E-state index is 0.0860. The Bertz CT molecular complexity index is 2700. The van der Waals surface area contributed by atoms with Gasteiger partial charge >= 0.3 is 10.1 Å². The van der Waals surface area contributed by atoms with Crippen molar-refractivity contribution >= 4 is 64.6 Å². The van der Waals surface area contributed by atoms with Gasteiger partial charge in [0.15, 0.2) is 0 Å². The van der Waals surface area contributed by atoms with Crippen molar-refractivity contribution in [3.8, 4) is 0 Å². The molecule has 2 atom stereocenters. The third-order valence-corrected chi connectivity index (χ3v) is 15.4.